The Balaban J connectivity index is 1.67. The molecule has 0 atom stereocenters. The molecule has 0 saturated carbocycles. The zero-order valence-corrected chi connectivity index (χ0v) is 16.3. The number of methoxy groups -OCH3 is 2. The van der Waals surface area contributed by atoms with Crippen LogP contribution in [0.25, 0.3) is 11.4 Å². The molecule has 3 rings (SSSR count). The van der Waals surface area contributed by atoms with Crippen LogP contribution in [0.4, 0.5) is 0 Å². The molecule has 0 unspecified atom stereocenters. The molecule has 1 aromatic carbocycles. The Bertz CT molecular complexity index is 837. The molecular formula is C15H16N4O3S3. The zero-order valence-electron chi connectivity index (χ0n) is 13.9. The van der Waals surface area contributed by atoms with Gasteiger partial charge in [0.05, 0.1) is 20.0 Å². The summed E-state index contributed by atoms with van der Waals surface area (Å²) in [6.07, 6.45) is 0. The minimum atomic E-state index is 0.510. The van der Waals surface area contributed by atoms with Gasteiger partial charge in [0.25, 0.3) is 0 Å². The zero-order chi connectivity index (χ0) is 17.6. The maximum atomic E-state index is 5.32. The number of aromatic nitrogens is 4. The van der Waals surface area contributed by atoms with Gasteiger partial charge in [0.2, 0.25) is 11.7 Å². The number of ether oxygens (including phenoxy) is 2. The lowest BCUT2D eigenvalue weighted by molar-refractivity contribution is 0.355. The van der Waals surface area contributed by atoms with Crippen LogP contribution >= 0.6 is 34.9 Å². The van der Waals surface area contributed by atoms with Crippen molar-refractivity contribution in [3.05, 3.63) is 24.1 Å². The normalized spacial score (nSPS) is 10.8. The number of hydrogen-bond acceptors (Lipinski definition) is 10. The highest BCUT2D eigenvalue weighted by Gasteiger charge is 2.13. The highest BCUT2D eigenvalue weighted by atomic mass is 32.2. The summed E-state index contributed by atoms with van der Waals surface area (Å²) in [5.74, 6) is 3.85. The molecule has 0 N–H and O–H groups in total. The van der Waals surface area contributed by atoms with E-state index in [1.807, 2.05) is 18.2 Å². The van der Waals surface area contributed by atoms with E-state index in [-0.39, 0.29) is 0 Å². The van der Waals surface area contributed by atoms with Gasteiger partial charge in [-0.05, 0) is 24.0 Å². The highest BCUT2D eigenvalue weighted by molar-refractivity contribution is 8.02. The van der Waals surface area contributed by atoms with Crippen LogP contribution in [0.5, 0.6) is 11.5 Å². The van der Waals surface area contributed by atoms with Crippen LogP contribution in [0.2, 0.25) is 0 Å². The van der Waals surface area contributed by atoms with Crippen LogP contribution in [0.15, 0.2) is 31.4 Å². The van der Waals surface area contributed by atoms with E-state index in [2.05, 4.69) is 27.3 Å². The van der Waals surface area contributed by atoms with Gasteiger partial charge in [-0.1, -0.05) is 46.9 Å². The Morgan fingerprint density at radius 3 is 2.56 bits per heavy atom. The quantitative estimate of drug-likeness (QED) is 0.524. The summed E-state index contributed by atoms with van der Waals surface area (Å²) in [5.41, 5.74) is 0.801. The topological polar surface area (TPSA) is 83.2 Å². The number of nitrogens with zero attached hydrogens (tertiary/aromatic N) is 4. The Morgan fingerprint density at radius 2 is 1.84 bits per heavy atom. The van der Waals surface area contributed by atoms with Gasteiger partial charge in [0.1, 0.15) is 0 Å². The number of thioether (sulfide) groups is 2. The fraction of sp³-hybridized carbons (Fsp3) is 0.333. The van der Waals surface area contributed by atoms with Gasteiger partial charge in [-0.15, -0.1) is 10.2 Å². The van der Waals surface area contributed by atoms with E-state index in [1.165, 1.54) is 11.8 Å². The second-order valence-electron chi connectivity index (χ2n) is 4.64. The largest absolute Gasteiger partial charge is 0.493 e. The first-order chi connectivity index (χ1) is 12.2. The van der Waals surface area contributed by atoms with Crippen molar-refractivity contribution in [3.8, 4) is 22.9 Å². The van der Waals surface area contributed by atoms with Gasteiger partial charge in [-0.3, -0.25) is 0 Å². The lowest BCUT2D eigenvalue weighted by Crippen LogP contribution is -1.91. The van der Waals surface area contributed by atoms with Crippen molar-refractivity contribution < 1.29 is 14.0 Å². The molecule has 0 saturated heterocycles. The van der Waals surface area contributed by atoms with Crippen LogP contribution in [0.1, 0.15) is 12.8 Å². The van der Waals surface area contributed by atoms with Gasteiger partial charge >= 0.3 is 0 Å². The first-order valence-corrected chi connectivity index (χ1v) is 10.2. The molecule has 0 aliphatic rings. The van der Waals surface area contributed by atoms with Crippen molar-refractivity contribution >= 4 is 34.9 Å². The third kappa shape index (κ3) is 4.44. The predicted molar refractivity (Wildman–Crippen MR) is 98.7 cm³/mol. The van der Waals surface area contributed by atoms with E-state index in [4.69, 9.17) is 14.0 Å². The summed E-state index contributed by atoms with van der Waals surface area (Å²) in [6, 6.07) is 5.49. The third-order valence-corrected chi connectivity index (χ3v) is 6.14. The molecular weight excluding hydrogens is 380 g/mol. The van der Waals surface area contributed by atoms with E-state index in [1.54, 1.807) is 37.3 Å². The molecule has 10 heteroatoms. The monoisotopic (exact) mass is 396 g/mol. The lowest BCUT2D eigenvalue weighted by atomic mass is 10.2. The number of hydrogen-bond donors (Lipinski definition) is 0. The van der Waals surface area contributed by atoms with Crippen molar-refractivity contribution in [3.63, 3.8) is 0 Å². The minimum Gasteiger partial charge on any atom is -0.493 e. The summed E-state index contributed by atoms with van der Waals surface area (Å²) in [4.78, 5) is 4.43. The van der Waals surface area contributed by atoms with Crippen LogP contribution < -0.4 is 9.47 Å². The third-order valence-electron chi connectivity index (χ3n) is 3.08. The summed E-state index contributed by atoms with van der Waals surface area (Å²) in [6.45, 7) is 2.09. The fourth-order valence-corrected chi connectivity index (χ4v) is 4.72. The van der Waals surface area contributed by atoms with E-state index in [9.17, 15) is 0 Å². The molecule has 0 bridgehead atoms. The number of benzene rings is 1. The van der Waals surface area contributed by atoms with Gasteiger partial charge in [0, 0.05) is 5.56 Å². The SMILES string of the molecule is CCSc1nnc(SCc2nc(-c3ccc(OC)c(OC)c3)no2)s1. The number of rotatable bonds is 8. The van der Waals surface area contributed by atoms with E-state index in [0.29, 0.717) is 29.0 Å². The molecule has 25 heavy (non-hydrogen) atoms. The lowest BCUT2D eigenvalue weighted by Gasteiger charge is -2.07. The predicted octanol–water partition coefficient (Wildman–Crippen LogP) is 4.01. The summed E-state index contributed by atoms with van der Waals surface area (Å²) in [5, 5.41) is 12.3. The van der Waals surface area contributed by atoms with Gasteiger partial charge in [0.15, 0.2) is 20.2 Å². The van der Waals surface area contributed by atoms with Gasteiger partial charge in [-0.25, -0.2) is 0 Å². The van der Waals surface area contributed by atoms with Crippen molar-refractivity contribution in [1.82, 2.24) is 20.3 Å². The Morgan fingerprint density at radius 1 is 1.08 bits per heavy atom. The molecule has 2 aromatic heterocycles. The van der Waals surface area contributed by atoms with E-state index in [0.717, 1.165) is 20.0 Å². The second-order valence-corrected chi connectivity index (χ2v) is 8.35. The summed E-state index contributed by atoms with van der Waals surface area (Å²) < 4.78 is 17.7. The molecule has 0 aliphatic heterocycles. The smallest absolute Gasteiger partial charge is 0.237 e. The fourth-order valence-electron chi connectivity index (χ4n) is 1.97. The van der Waals surface area contributed by atoms with Crippen molar-refractivity contribution in [2.45, 2.75) is 21.4 Å². The summed E-state index contributed by atoms with van der Waals surface area (Å²) >= 11 is 4.79. The van der Waals surface area contributed by atoms with Crippen LogP contribution in [0, 0.1) is 0 Å². The van der Waals surface area contributed by atoms with Gasteiger partial charge in [-0.2, -0.15) is 4.98 Å². The van der Waals surface area contributed by atoms with Crippen LogP contribution in [-0.2, 0) is 5.75 Å². The molecule has 0 aliphatic carbocycles. The maximum absolute atomic E-state index is 5.32. The summed E-state index contributed by atoms with van der Waals surface area (Å²) in [7, 11) is 3.19. The standard InChI is InChI=1S/C15H16N4O3S3/c1-4-23-14-17-18-15(25-14)24-8-12-16-13(19-22-12)9-5-6-10(20-2)11(7-9)21-3/h5-7H,4,8H2,1-3H3. The highest BCUT2D eigenvalue weighted by Crippen LogP contribution is 2.33. The molecule has 2 heterocycles. The Labute approximate surface area is 157 Å². The maximum Gasteiger partial charge on any atom is 0.237 e. The molecule has 0 amide bonds. The van der Waals surface area contributed by atoms with Crippen LogP contribution in [-0.4, -0.2) is 40.3 Å². The molecule has 7 nitrogen and oxygen atoms in total. The Hall–Kier alpha value is -1.78. The Kier molecular flexibility index (Phi) is 6.16. The average molecular weight is 397 g/mol. The van der Waals surface area contributed by atoms with Crippen molar-refractivity contribution in [2.24, 2.45) is 0 Å². The first-order valence-electron chi connectivity index (χ1n) is 7.37. The van der Waals surface area contributed by atoms with Crippen LogP contribution in [0.3, 0.4) is 0 Å². The first kappa shape index (κ1) is 18.0. The van der Waals surface area contributed by atoms with Crippen molar-refractivity contribution in [2.75, 3.05) is 20.0 Å². The van der Waals surface area contributed by atoms with Gasteiger partial charge < -0.3 is 14.0 Å². The molecule has 0 spiro atoms. The van der Waals surface area contributed by atoms with E-state index >= 15 is 0 Å². The second kappa shape index (κ2) is 8.54. The van der Waals surface area contributed by atoms with Crippen molar-refractivity contribution in [1.29, 1.82) is 0 Å². The molecule has 3 aromatic rings. The molecule has 132 valence electrons. The molecule has 0 fully saturated rings. The molecule has 0 radical (unpaired) electrons. The minimum absolute atomic E-state index is 0.510. The average Bonchev–Trinajstić information content (AvgIpc) is 3.29. The van der Waals surface area contributed by atoms with E-state index < -0.39 is 0 Å².